The maximum Gasteiger partial charge on any atom is 0.0292 e. The molecule has 0 radical (unpaired) electrons. The van der Waals surface area contributed by atoms with Crippen LogP contribution in [0.25, 0.3) is 0 Å². The molecule has 0 bridgehead atoms. The van der Waals surface area contributed by atoms with Crippen LogP contribution in [-0.2, 0) is 0 Å². The van der Waals surface area contributed by atoms with Gasteiger partial charge < -0.3 is 5.32 Å². The third kappa shape index (κ3) is 4.75. The van der Waals surface area contributed by atoms with E-state index in [1.807, 2.05) is 11.8 Å². The molecular formula is C19H31NS. The number of rotatable bonds is 7. The highest BCUT2D eigenvalue weighted by molar-refractivity contribution is 7.98. The molecule has 1 fully saturated rings. The molecule has 0 aromatic heterocycles. The summed E-state index contributed by atoms with van der Waals surface area (Å²) in [5.74, 6) is 0.807. The van der Waals surface area contributed by atoms with Gasteiger partial charge in [0.1, 0.15) is 0 Å². The van der Waals surface area contributed by atoms with Crippen LogP contribution in [0.1, 0.15) is 64.5 Å². The topological polar surface area (TPSA) is 12.0 Å². The number of thioether (sulfide) groups is 1. The standard InChI is InChI=1S/C19H31NS/c1-15(2)13-19(11-5-6-12-19)14-20-16(3)17-7-9-18(21-4)10-8-17/h7-10,15-16,20H,5-6,11-14H2,1-4H3. The molecule has 2 heteroatoms. The van der Waals surface area contributed by atoms with Crippen molar-refractivity contribution in [3.8, 4) is 0 Å². The summed E-state index contributed by atoms with van der Waals surface area (Å²) in [6.07, 6.45) is 9.17. The van der Waals surface area contributed by atoms with Crippen molar-refractivity contribution in [3.63, 3.8) is 0 Å². The maximum absolute atomic E-state index is 3.82. The predicted molar refractivity (Wildman–Crippen MR) is 95.0 cm³/mol. The first-order valence-corrected chi connectivity index (χ1v) is 9.64. The molecule has 1 unspecified atom stereocenters. The molecule has 1 N–H and O–H groups in total. The second-order valence-electron chi connectivity index (χ2n) is 7.18. The van der Waals surface area contributed by atoms with Gasteiger partial charge in [-0.15, -0.1) is 11.8 Å². The molecule has 0 saturated heterocycles. The van der Waals surface area contributed by atoms with Crippen LogP contribution in [-0.4, -0.2) is 12.8 Å². The van der Waals surface area contributed by atoms with E-state index in [2.05, 4.69) is 56.6 Å². The largest absolute Gasteiger partial charge is 0.310 e. The molecule has 2 rings (SSSR count). The lowest BCUT2D eigenvalue weighted by Crippen LogP contribution is -2.34. The van der Waals surface area contributed by atoms with Gasteiger partial charge in [0, 0.05) is 17.5 Å². The van der Waals surface area contributed by atoms with E-state index in [1.165, 1.54) is 49.1 Å². The van der Waals surface area contributed by atoms with E-state index in [0.717, 1.165) is 5.92 Å². The van der Waals surface area contributed by atoms with Gasteiger partial charge in [0.15, 0.2) is 0 Å². The van der Waals surface area contributed by atoms with Crippen molar-refractivity contribution in [2.45, 2.75) is 63.8 Å². The minimum Gasteiger partial charge on any atom is -0.310 e. The molecule has 118 valence electrons. The molecule has 0 heterocycles. The zero-order valence-corrected chi connectivity index (χ0v) is 14.9. The van der Waals surface area contributed by atoms with Crippen LogP contribution in [0.15, 0.2) is 29.2 Å². The maximum atomic E-state index is 3.82. The molecule has 1 aromatic rings. The summed E-state index contributed by atoms with van der Waals surface area (Å²) in [6, 6.07) is 9.46. The molecule has 21 heavy (non-hydrogen) atoms. The highest BCUT2D eigenvalue weighted by Gasteiger charge is 2.34. The lowest BCUT2D eigenvalue weighted by molar-refractivity contribution is 0.217. The Morgan fingerprint density at radius 3 is 2.24 bits per heavy atom. The molecule has 1 atom stereocenters. The van der Waals surface area contributed by atoms with Gasteiger partial charge >= 0.3 is 0 Å². The first-order valence-electron chi connectivity index (χ1n) is 8.42. The summed E-state index contributed by atoms with van der Waals surface area (Å²) in [6.45, 7) is 8.21. The molecule has 0 spiro atoms. The van der Waals surface area contributed by atoms with Crippen LogP contribution in [0.3, 0.4) is 0 Å². The van der Waals surface area contributed by atoms with Gasteiger partial charge in [-0.3, -0.25) is 0 Å². The fraction of sp³-hybridized carbons (Fsp3) is 0.684. The van der Waals surface area contributed by atoms with Crippen molar-refractivity contribution in [2.24, 2.45) is 11.3 Å². The van der Waals surface area contributed by atoms with Gasteiger partial charge in [-0.2, -0.15) is 0 Å². The number of nitrogens with one attached hydrogen (secondary N) is 1. The zero-order valence-electron chi connectivity index (χ0n) is 14.1. The first-order chi connectivity index (χ1) is 10.0. The van der Waals surface area contributed by atoms with Crippen molar-refractivity contribution in [1.29, 1.82) is 0 Å². The lowest BCUT2D eigenvalue weighted by atomic mass is 9.78. The Labute approximate surface area is 135 Å². The van der Waals surface area contributed by atoms with E-state index in [4.69, 9.17) is 0 Å². The third-order valence-electron chi connectivity index (χ3n) is 4.90. The summed E-state index contributed by atoms with van der Waals surface area (Å²) in [5, 5.41) is 3.82. The second kappa shape index (κ2) is 7.69. The summed E-state index contributed by atoms with van der Waals surface area (Å²) < 4.78 is 0. The third-order valence-corrected chi connectivity index (χ3v) is 5.65. The van der Waals surface area contributed by atoms with Crippen molar-refractivity contribution >= 4 is 11.8 Å². The van der Waals surface area contributed by atoms with Crippen LogP contribution in [0.5, 0.6) is 0 Å². The minimum atomic E-state index is 0.450. The summed E-state index contributed by atoms with van der Waals surface area (Å²) in [4.78, 5) is 1.35. The molecular weight excluding hydrogens is 274 g/mol. The smallest absolute Gasteiger partial charge is 0.0292 e. The van der Waals surface area contributed by atoms with Crippen LogP contribution in [0.2, 0.25) is 0 Å². The van der Waals surface area contributed by atoms with Gasteiger partial charge in [-0.25, -0.2) is 0 Å². The van der Waals surface area contributed by atoms with Crippen LogP contribution < -0.4 is 5.32 Å². The number of hydrogen-bond donors (Lipinski definition) is 1. The van der Waals surface area contributed by atoms with E-state index >= 15 is 0 Å². The number of hydrogen-bond acceptors (Lipinski definition) is 2. The average Bonchev–Trinajstić information content (AvgIpc) is 2.93. The first kappa shape index (κ1) is 16.9. The Hall–Kier alpha value is -0.470. The van der Waals surface area contributed by atoms with Crippen molar-refractivity contribution < 1.29 is 0 Å². The molecule has 1 aliphatic carbocycles. The van der Waals surface area contributed by atoms with Gasteiger partial charge in [0.25, 0.3) is 0 Å². The molecule has 0 aliphatic heterocycles. The van der Waals surface area contributed by atoms with E-state index in [9.17, 15) is 0 Å². The van der Waals surface area contributed by atoms with Crippen molar-refractivity contribution in [2.75, 3.05) is 12.8 Å². The van der Waals surface area contributed by atoms with Crippen LogP contribution in [0, 0.1) is 11.3 Å². The van der Waals surface area contributed by atoms with Crippen LogP contribution >= 0.6 is 11.8 Å². The fourth-order valence-corrected chi connectivity index (χ4v) is 4.23. The number of benzene rings is 1. The minimum absolute atomic E-state index is 0.450. The average molecular weight is 306 g/mol. The van der Waals surface area contributed by atoms with Crippen molar-refractivity contribution in [3.05, 3.63) is 29.8 Å². The second-order valence-corrected chi connectivity index (χ2v) is 8.06. The molecule has 0 amide bonds. The Morgan fingerprint density at radius 2 is 1.71 bits per heavy atom. The Kier molecular flexibility index (Phi) is 6.19. The predicted octanol–water partition coefficient (Wildman–Crippen LogP) is 5.67. The summed E-state index contributed by atoms with van der Waals surface area (Å²) in [5.41, 5.74) is 1.97. The van der Waals surface area contributed by atoms with E-state index in [1.54, 1.807) is 0 Å². The molecule has 1 aromatic carbocycles. The summed E-state index contributed by atoms with van der Waals surface area (Å²) in [7, 11) is 0. The van der Waals surface area contributed by atoms with Crippen molar-refractivity contribution in [1.82, 2.24) is 5.32 Å². The Balaban J connectivity index is 1.93. The van der Waals surface area contributed by atoms with E-state index in [-0.39, 0.29) is 0 Å². The van der Waals surface area contributed by atoms with Crippen LogP contribution in [0.4, 0.5) is 0 Å². The van der Waals surface area contributed by atoms with Gasteiger partial charge in [-0.05, 0) is 61.5 Å². The Bertz CT molecular complexity index is 418. The SMILES string of the molecule is CSc1ccc(C(C)NCC2(CC(C)C)CCCC2)cc1. The summed E-state index contributed by atoms with van der Waals surface area (Å²) >= 11 is 1.81. The monoisotopic (exact) mass is 305 g/mol. The highest BCUT2D eigenvalue weighted by Crippen LogP contribution is 2.43. The van der Waals surface area contributed by atoms with E-state index in [0.29, 0.717) is 11.5 Å². The Morgan fingerprint density at radius 1 is 1.10 bits per heavy atom. The molecule has 1 saturated carbocycles. The van der Waals surface area contributed by atoms with E-state index < -0.39 is 0 Å². The molecule has 1 nitrogen and oxygen atoms in total. The lowest BCUT2D eigenvalue weighted by Gasteiger charge is -2.33. The fourth-order valence-electron chi connectivity index (χ4n) is 3.82. The molecule has 1 aliphatic rings. The highest BCUT2D eigenvalue weighted by atomic mass is 32.2. The quantitative estimate of drug-likeness (QED) is 0.652. The van der Waals surface area contributed by atoms with Gasteiger partial charge in [0.2, 0.25) is 0 Å². The van der Waals surface area contributed by atoms with Gasteiger partial charge in [-0.1, -0.05) is 38.8 Å². The normalized spacial score (nSPS) is 19.1. The zero-order chi connectivity index (χ0) is 15.3. The van der Waals surface area contributed by atoms with Gasteiger partial charge in [0.05, 0.1) is 0 Å².